The predicted molar refractivity (Wildman–Crippen MR) is 397 cm³/mol. The summed E-state index contributed by atoms with van der Waals surface area (Å²) in [6, 6.07) is 119. The molecule has 0 fully saturated rings. The minimum atomic E-state index is 0.752. The summed E-state index contributed by atoms with van der Waals surface area (Å²) in [5.41, 5.74) is 17.3. The number of nitrogens with zero attached hydrogens (tertiary/aromatic N) is 4. The minimum Gasteiger partial charge on any atom is -0.454 e. The fourth-order valence-corrected chi connectivity index (χ4v) is 14.2. The van der Waals surface area contributed by atoms with E-state index in [-0.39, 0.29) is 0 Å². The molecular formula is C88H60N4O2. The highest BCUT2D eigenvalue weighted by Gasteiger charge is 2.30. The van der Waals surface area contributed by atoms with Crippen LogP contribution < -0.4 is 19.6 Å². The summed E-state index contributed by atoms with van der Waals surface area (Å²) in [6.45, 7) is 4.27. The van der Waals surface area contributed by atoms with Gasteiger partial charge in [-0.3, -0.25) is 0 Å². The molecule has 0 radical (unpaired) electrons. The number of hydrogen-bond donors (Lipinski definition) is 0. The molecule has 6 heteroatoms. The Bertz CT molecular complexity index is 5450. The average Bonchev–Trinajstić information content (AvgIpc) is 0.810. The fourth-order valence-electron chi connectivity index (χ4n) is 14.2. The molecule has 0 aliphatic heterocycles. The van der Waals surface area contributed by atoms with Crippen LogP contribution in [0.1, 0.15) is 11.1 Å². The molecule has 0 aliphatic rings. The zero-order valence-corrected chi connectivity index (χ0v) is 51.8. The van der Waals surface area contributed by atoms with Crippen LogP contribution in [-0.2, 0) is 0 Å². The lowest BCUT2D eigenvalue weighted by molar-refractivity contribution is 0.668. The number of benzene rings is 16. The second-order valence-electron chi connectivity index (χ2n) is 24.7. The van der Waals surface area contributed by atoms with Crippen molar-refractivity contribution in [2.24, 2.45) is 0 Å². The molecule has 0 saturated heterocycles. The Morgan fingerprint density at radius 2 is 0.468 bits per heavy atom. The van der Waals surface area contributed by atoms with Gasteiger partial charge in [0, 0.05) is 90.6 Å². The van der Waals surface area contributed by atoms with Crippen LogP contribution in [0, 0.1) is 13.8 Å². The van der Waals surface area contributed by atoms with Gasteiger partial charge >= 0.3 is 0 Å². The van der Waals surface area contributed by atoms with E-state index in [2.05, 4.69) is 361 Å². The van der Waals surface area contributed by atoms with Crippen LogP contribution in [0.25, 0.3) is 97.7 Å². The Labute approximate surface area is 543 Å². The van der Waals surface area contributed by atoms with E-state index in [9.17, 15) is 0 Å². The molecule has 0 aliphatic carbocycles. The second kappa shape index (κ2) is 22.2. The topological polar surface area (TPSA) is 39.2 Å². The lowest BCUT2D eigenvalue weighted by atomic mass is 9.95. The summed E-state index contributed by atoms with van der Waals surface area (Å²) in [7, 11) is 0. The summed E-state index contributed by atoms with van der Waals surface area (Å²) in [5, 5.41) is 15.2. The first kappa shape index (κ1) is 54.5. The predicted octanol–water partition coefficient (Wildman–Crippen LogP) is 25.7. The third kappa shape index (κ3) is 9.33. The first-order chi connectivity index (χ1) is 46.4. The quantitative estimate of drug-likeness (QED) is 0.121. The number of aryl methyl sites for hydroxylation is 2. The zero-order chi connectivity index (χ0) is 62.4. The fraction of sp³-hybridized carbons (Fsp3) is 0.0227. The van der Waals surface area contributed by atoms with E-state index in [1.807, 2.05) is 0 Å². The van der Waals surface area contributed by atoms with Crippen LogP contribution in [0.3, 0.4) is 0 Å². The maximum atomic E-state index is 7.74. The van der Waals surface area contributed by atoms with E-state index in [1.54, 1.807) is 0 Å². The Hall–Kier alpha value is -12.4. The average molecular weight is 1210 g/mol. The third-order valence-electron chi connectivity index (χ3n) is 18.8. The van der Waals surface area contributed by atoms with Gasteiger partial charge in [0.2, 0.25) is 0 Å². The number of para-hydroxylation sites is 2. The molecule has 94 heavy (non-hydrogen) atoms. The summed E-state index contributed by atoms with van der Waals surface area (Å²) in [6.07, 6.45) is 0. The molecule has 6 nitrogen and oxygen atoms in total. The molecule has 16 aromatic carbocycles. The van der Waals surface area contributed by atoms with Gasteiger partial charge in [-0.1, -0.05) is 193 Å². The van der Waals surface area contributed by atoms with E-state index in [0.29, 0.717) is 0 Å². The highest BCUT2D eigenvalue weighted by atomic mass is 16.3. The van der Waals surface area contributed by atoms with Crippen LogP contribution in [0.5, 0.6) is 0 Å². The highest BCUT2D eigenvalue weighted by Crippen LogP contribution is 2.54. The van der Waals surface area contributed by atoms with Crippen LogP contribution in [-0.4, -0.2) is 0 Å². The van der Waals surface area contributed by atoms with Crippen LogP contribution in [0.4, 0.5) is 68.2 Å². The Morgan fingerprint density at radius 3 is 0.798 bits per heavy atom. The SMILES string of the molecule is Cc1ccc(N(c2ccccc2)c2ccc3c(c2)oc2c(N(c4ccc5ccccc5c4)c4ccc5ccccc5c4)cc4c(cc(N(c5ccc6ccccc6c5)c5ccc6ccccc6c5)c5oc6cc(N(c7ccccc7)c7ccc(C)cc7)ccc6c54)c23)cc1. The summed E-state index contributed by atoms with van der Waals surface area (Å²) in [4.78, 5) is 9.44. The van der Waals surface area contributed by atoms with Gasteiger partial charge < -0.3 is 28.4 Å². The Morgan fingerprint density at radius 1 is 0.202 bits per heavy atom. The summed E-state index contributed by atoms with van der Waals surface area (Å²) >= 11 is 0. The molecule has 0 unspecified atom stereocenters. The van der Waals surface area contributed by atoms with Gasteiger partial charge in [0.25, 0.3) is 0 Å². The van der Waals surface area contributed by atoms with Gasteiger partial charge in [0.15, 0.2) is 11.2 Å². The van der Waals surface area contributed by atoms with Gasteiger partial charge in [-0.2, -0.15) is 0 Å². The van der Waals surface area contributed by atoms with Crippen molar-refractivity contribution in [3.05, 3.63) is 339 Å². The van der Waals surface area contributed by atoms with E-state index in [0.717, 1.165) is 166 Å². The van der Waals surface area contributed by atoms with Crippen molar-refractivity contribution in [1.82, 2.24) is 0 Å². The van der Waals surface area contributed by atoms with E-state index < -0.39 is 0 Å². The van der Waals surface area contributed by atoms with Crippen molar-refractivity contribution in [2.75, 3.05) is 19.6 Å². The van der Waals surface area contributed by atoms with Crippen molar-refractivity contribution in [3.63, 3.8) is 0 Å². The van der Waals surface area contributed by atoms with Crippen molar-refractivity contribution in [1.29, 1.82) is 0 Å². The minimum absolute atomic E-state index is 0.752. The van der Waals surface area contributed by atoms with Gasteiger partial charge in [-0.05, 0) is 201 Å². The van der Waals surface area contributed by atoms with Gasteiger partial charge in [-0.25, -0.2) is 0 Å². The number of fused-ring (bicyclic) bond motifs is 13. The van der Waals surface area contributed by atoms with Gasteiger partial charge in [0.05, 0.1) is 11.4 Å². The molecule has 0 spiro atoms. The number of anilines is 12. The maximum absolute atomic E-state index is 7.74. The van der Waals surface area contributed by atoms with Crippen molar-refractivity contribution < 1.29 is 8.83 Å². The molecule has 2 heterocycles. The van der Waals surface area contributed by atoms with Crippen molar-refractivity contribution in [3.8, 4) is 0 Å². The summed E-state index contributed by atoms with van der Waals surface area (Å²) in [5.74, 6) is 0. The molecule has 2 aromatic heterocycles. The highest BCUT2D eigenvalue weighted by molar-refractivity contribution is 6.33. The number of rotatable bonds is 12. The maximum Gasteiger partial charge on any atom is 0.160 e. The molecule has 0 saturated carbocycles. The van der Waals surface area contributed by atoms with E-state index in [1.165, 1.54) is 11.1 Å². The Balaban J connectivity index is 0.991. The van der Waals surface area contributed by atoms with E-state index in [4.69, 9.17) is 8.83 Å². The van der Waals surface area contributed by atoms with Gasteiger partial charge in [-0.15, -0.1) is 0 Å². The Kier molecular flexibility index (Phi) is 12.9. The summed E-state index contributed by atoms with van der Waals surface area (Å²) < 4.78 is 15.5. The largest absolute Gasteiger partial charge is 0.454 e. The molecule has 0 bridgehead atoms. The second-order valence-corrected chi connectivity index (χ2v) is 24.7. The number of furan rings is 2. The molecule has 0 N–H and O–H groups in total. The molecular weight excluding hydrogens is 1140 g/mol. The first-order valence-corrected chi connectivity index (χ1v) is 32.1. The molecule has 0 atom stereocenters. The zero-order valence-electron chi connectivity index (χ0n) is 51.8. The molecule has 18 aromatic rings. The smallest absolute Gasteiger partial charge is 0.160 e. The van der Waals surface area contributed by atoms with Crippen molar-refractivity contribution >= 4 is 166 Å². The molecule has 18 rings (SSSR count). The molecule has 0 amide bonds. The normalized spacial score (nSPS) is 11.7. The molecule has 444 valence electrons. The van der Waals surface area contributed by atoms with Crippen LogP contribution >= 0.6 is 0 Å². The lowest BCUT2D eigenvalue weighted by Crippen LogP contribution is -2.11. The lowest BCUT2D eigenvalue weighted by Gasteiger charge is -2.28. The van der Waals surface area contributed by atoms with E-state index >= 15 is 0 Å². The van der Waals surface area contributed by atoms with Crippen LogP contribution in [0.2, 0.25) is 0 Å². The third-order valence-corrected chi connectivity index (χ3v) is 18.8. The van der Waals surface area contributed by atoms with Gasteiger partial charge in [0.1, 0.15) is 11.2 Å². The van der Waals surface area contributed by atoms with Crippen LogP contribution in [0.15, 0.2) is 336 Å². The standard InChI is InChI=1S/C88H60N4O2/c1-57-29-37-69(38-30-57)89(67-25-5-3-6-26-67)75-45-47-77-83(53-75)93-87-81(91(71-41-33-59-17-9-13-21-63(59)49-71)72-42-34-60-18-10-14-22-64(60)50-72)56-80-79(85(77)87)55-82(92(73-43-35-61-19-11-15-23-65(61)51-73)74-44-36-62-20-12-16-24-66(62)52-74)88-86(80)78-48-46-76(54-84(78)94-88)90(68-27-7-4-8-28-68)70-39-31-58(2)32-40-70/h3-56H,1-2H3. The van der Waals surface area contributed by atoms with Crippen molar-refractivity contribution in [2.45, 2.75) is 13.8 Å². The number of hydrogen-bond acceptors (Lipinski definition) is 6. The first-order valence-electron chi connectivity index (χ1n) is 32.1. The monoisotopic (exact) mass is 1200 g/mol.